The van der Waals surface area contributed by atoms with Gasteiger partial charge in [-0.25, -0.2) is 14.4 Å². The fraction of sp³-hybridized carbons (Fsp3) is 0.505. The molecule has 0 aliphatic carbocycles. The van der Waals surface area contributed by atoms with Crippen molar-refractivity contribution in [3.63, 3.8) is 0 Å². The number of carbonyl (C=O) groups is 8. The number of aromatic nitrogens is 2. The number of methoxy groups -OCH3 is 1. The smallest absolute Gasteiger partial charge is 0.481 e. The van der Waals surface area contributed by atoms with Gasteiger partial charge < -0.3 is 106 Å². The van der Waals surface area contributed by atoms with Crippen molar-refractivity contribution in [1.82, 2.24) is 45.9 Å². The molecule has 0 bridgehead atoms. The lowest BCUT2D eigenvalue weighted by Gasteiger charge is -2.36. The van der Waals surface area contributed by atoms with Gasteiger partial charge in [-0.3, -0.25) is 63.8 Å². The first-order chi connectivity index (χ1) is 64.2. The van der Waals surface area contributed by atoms with Crippen LogP contribution in [0.4, 0.5) is 31.4 Å². The quantitative estimate of drug-likeness (QED) is 0.0229. The minimum atomic E-state index is -1.06. The van der Waals surface area contributed by atoms with Crippen LogP contribution in [0.2, 0.25) is 0 Å². The van der Waals surface area contributed by atoms with E-state index in [1.807, 2.05) is 138 Å². The number of esters is 1. The second-order valence-corrected chi connectivity index (χ2v) is 37.6. The Kier molecular flexibility index (Phi) is 48.6. The van der Waals surface area contributed by atoms with Gasteiger partial charge in [0.2, 0.25) is 11.8 Å². The molecule has 37 nitrogen and oxygen atoms in total. The molecule has 3 amide bonds. The maximum Gasteiger partial charge on any atom is 0.519 e. The average molecular weight is 1990 g/mol. The van der Waals surface area contributed by atoms with E-state index in [4.69, 9.17) is 29.2 Å². The number of anilines is 3. The van der Waals surface area contributed by atoms with Crippen LogP contribution in [0.1, 0.15) is 163 Å². The summed E-state index contributed by atoms with van der Waals surface area (Å²) in [5, 5.41) is 90.3. The number of thioether (sulfide) groups is 2. The number of para-hydroxylation sites is 2. The Bertz CT molecular complexity index is 5280. The molecule has 7 unspecified atom stereocenters. The number of nitrogens with one attached hydrogen (secondary N) is 7. The largest absolute Gasteiger partial charge is 0.519 e. The van der Waals surface area contributed by atoms with Gasteiger partial charge in [0.25, 0.3) is 0 Å². The third kappa shape index (κ3) is 41.5. The number of carbonyl (C=O) groups excluding carboxylic acids is 6. The van der Waals surface area contributed by atoms with E-state index >= 15 is 0 Å². The molecule has 139 heavy (non-hydrogen) atoms. The Morgan fingerprint density at radius 2 is 0.827 bits per heavy atom. The Morgan fingerprint density at radius 3 is 1.17 bits per heavy atom. The zero-order chi connectivity index (χ0) is 97.9. The molecule has 2 fully saturated rings. The normalized spacial score (nSPS) is 18.4. The van der Waals surface area contributed by atoms with Gasteiger partial charge >= 0.3 is 36.3 Å². The number of rotatable bonds is 17. The minimum Gasteiger partial charge on any atom is -0.481 e. The van der Waals surface area contributed by atoms with E-state index in [0.29, 0.717) is 127 Å². The van der Waals surface area contributed by atoms with Crippen LogP contribution in [0.5, 0.6) is 0 Å². The molecule has 762 valence electrons. The molecule has 9 heterocycles. The van der Waals surface area contributed by atoms with Crippen LogP contribution in [0.25, 0.3) is 21.8 Å². The molecule has 7 aromatic rings. The highest BCUT2D eigenvalue weighted by Crippen LogP contribution is 2.39. The summed E-state index contributed by atoms with van der Waals surface area (Å²) in [7, 11) is 1.42. The summed E-state index contributed by atoms with van der Waals surface area (Å²) in [6.45, 7) is 22.2. The topological polar surface area (TPSA) is 506 Å². The number of ether oxygens (including phenoxy) is 5. The highest BCUT2D eigenvalue weighted by atomic mass is 35.5. The van der Waals surface area contributed by atoms with Gasteiger partial charge in [-0.2, -0.15) is 0 Å². The van der Waals surface area contributed by atoms with Gasteiger partial charge in [-0.1, -0.05) is 119 Å². The molecule has 14 N–H and O–H groups in total. The lowest BCUT2D eigenvalue weighted by Crippen LogP contribution is -2.47. The van der Waals surface area contributed by atoms with Gasteiger partial charge in [0.1, 0.15) is 16.8 Å². The second kappa shape index (κ2) is 57.5. The summed E-state index contributed by atoms with van der Waals surface area (Å²) < 4.78 is 24.1. The number of hydrogen-bond acceptors (Lipinski definition) is 34. The first kappa shape index (κ1) is 118. The number of fused-ring (bicyclic) bond motifs is 2. The van der Waals surface area contributed by atoms with E-state index in [-0.39, 0.29) is 102 Å². The number of amides is 3. The molecule has 0 spiro atoms. The lowest BCUT2D eigenvalue weighted by atomic mass is 9.78. The second-order valence-electron chi connectivity index (χ2n) is 36.0. The van der Waals surface area contributed by atoms with Gasteiger partial charge in [-0.05, 0) is 213 Å². The van der Waals surface area contributed by atoms with Gasteiger partial charge in [0, 0.05) is 92.6 Å². The summed E-state index contributed by atoms with van der Waals surface area (Å²) in [5.41, 5.74) is 6.90. The van der Waals surface area contributed by atoms with Crippen molar-refractivity contribution in [2.45, 2.75) is 202 Å². The minimum absolute atomic E-state index is 0. The number of carboxylic acid groups (broad SMARTS) is 2. The van der Waals surface area contributed by atoms with Crippen molar-refractivity contribution < 1.29 is 97.8 Å². The first-order valence-electron chi connectivity index (χ1n) is 44.8. The Balaban J connectivity index is 0.000000313. The van der Waals surface area contributed by atoms with Crippen LogP contribution in [-0.4, -0.2) is 295 Å². The van der Waals surface area contributed by atoms with E-state index in [0.717, 1.165) is 97.5 Å². The van der Waals surface area contributed by atoms with Crippen molar-refractivity contribution in [2.24, 2.45) is 36.8 Å². The van der Waals surface area contributed by atoms with E-state index in [9.17, 15) is 63.9 Å². The summed E-state index contributed by atoms with van der Waals surface area (Å²) in [6, 6.07) is 42.6. The van der Waals surface area contributed by atoms with E-state index in [1.165, 1.54) is 23.8 Å². The molecule has 40 heteroatoms. The number of halogens is 1. The van der Waals surface area contributed by atoms with Crippen LogP contribution >= 0.6 is 35.9 Å². The molecule has 0 saturated carbocycles. The maximum atomic E-state index is 13.2. The highest BCUT2D eigenvalue weighted by Gasteiger charge is 2.36. The first-order valence-corrected chi connectivity index (χ1v) is 47.3. The van der Waals surface area contributed by atoms with Crippen LogP contribution in [0, 0.1) is 11.8 Å². The standard InChI is InChI=1S/C30H35N5O4.C29H33N5O4.C12H15N3O3.C10H18N2O3S.C10H18O5.C5H10N2OS.3CH4.ClH/c1-39-29(38)16-26(23-15-22-6-2-3-8-27(22)31-17-23)21-9-11-35(12-10-21)28(37)14-20-5-4-7-24(13-20)34-30-32-18-25(36)19-33-30;35-24-17-31-29(32-18-24)33-23-6-3-4-19(12-23)13-27(36)34-10-8-20(9-11-34)25(15-28(37)38)22-14-21-5-1-2-7-26(21)30-16-22;16-10-6-13-12(14-7-10)15-9-3-1-2-8(4-9)5-11(17)18;1-10(2,3)15-9(14)12-6-7(13)5-11-8(12)16-4;1-9(2,3)14-7(11)13-8(12)15-10(4,5)6;1-9-5-6-2-4(8)3-7-5;;;;/h2-8,13,15,17,21,25-26,36H,9-12,14,16,18-19H2,1H3,(H2,32,33,34);1-7,12,14,16,20,24-25,35H,8-11,13,15,17-18H2,(H,37,38)(H2,31,32,33);1-4,10,16H,5-7H2,(H,17,18)(H2,13,14,15);7,13H,5-6H2,1-4H3;1-6H3;4,8H,2-3H2,1H3,(H,6,7);3*1H4;1H. The molecule has 7 atom stereocenters. The van der Waals surface area contributed by atoms with E-state index in [2.05, 4.69) is 89.0 Å². The Labute approximate surface area is 829 Å². The molecule has 5 aromatic carbocycles. The van der Waals surface area contributed by atoms with Crippen LogP contribution in [-0.2, 0) is 66.9 Å². The predicted molar refractivity (Wildman–Crippen MR) is 550 cm³/mol. The zero-order valence-electron chi connectivity index (χ0n) is 79.0. The van der Waals surface area contributed by atoms with Crippen molar-refractivity contribution in [3.05, 3.63) is 174 Å². The number of hydrogen-bond donors (Lipinski definition) is 14. The fourth-order valence-corrected chi connectivity index (χ4v) is 16.1. The number of piperidine rings is 2. The van der Waals surface area contributed by atoms with Crippen LogP contribution in [0.15, 0.2) is 171 Å². The number of carboxylic acids is 2. The molecule has 7 aliphatic heterocycles. The number of aliphatic hydroxyl groups is 5. The van der Waals surface area contributed by atoms with E-state index in [1.54, 1.807) is 92.3 Å². The van der Waals surface area contributed by atoms with Crippen molar-refractivity contribution >= 4 is 151 Å². The predicted octanol–water partition coefficient (Wildman–Crippen LogP) is 12.3. The summed E-state index contributed by atoms with van der Waals surface area (Å²) in [4.78, 5) is 130. The number of guanidine groups is 3. The summed E-state index contributed by atoms with van der Waals surface area (Å²) >= 11 is 2.95. The third-order valence-electron chi connectivity index (χ3n) is 21.5. The number of benzene rings is 5. The van der Waals surface area contributed by atoms with Crippen molar-refractivity contribution in [2.75, 3.05) is 127 Å². The molecule has 0 radical (unpaired) electrons. The molecular formula is C99H142ClN17O20S2. The Hall–Kier alpha value is -12.0. The number of nitrogens with zero attached hydrogens (tertiary/aromatic N) is 10. The number of likely N-dealkylation sites (tertiary alicyclic amines) is 2. The number of amidine groups is 2. The molecule has 2 aromatic heterocycles. The summed E-state index contributed by atoms with van der Waals surface area (Å²) in [5.74, 6) is 0.362. The number of aliphatic hydroxyl groups excluding tert-OH is 5. The SMILES string of the molecule is C.C.C.CC(C)(C)OC(=O)OC(=O)OC(C)(C)C.COC(=O)CC(c1cnc2ccccc2c1)C1CCN(C(=O)Cc2cccc(NC3=NCC(O)CN3)c2)CC1.CSC1=NCC(O)CN1.CSC1=NCC(O)CN1C(=O)OC(C)(C)C.Cl.O=C(O)CC(c1cnc2ccccc2c1)C1CCN(C(=O)Cc2cccc(NC3=NCC(O)CN3)c2)CC1.O=C(O)Cc1cccc(NC2=NCC(O)CN2)c1. The van der Waals surface area contributed by atoms with Gasteiger partial charge in [-0.15, -0.1) is 12.4 Å². The monoisotopic (exact) mass is 1990 g/mol. The van der Waals surface area contributed by atoms with Crippen molar-refractivity contribution in [3.8, 4) is 0 Å². The van der Waals surface area contributed by atoms with Gasteiger partial charge in [0.05, 0.1) is 120 Å². The van der Waals surface area contributed by atoms with Crippen LogP contribution < -0.4 is 37.2 Å². The molecule has 2 saturated heterocycles. The number of aliphatic carboxylic acids is 2. The molecule has 7 aliphatic rings. The van der Waals surface area contributed by atoms with Crippen LogP contribution in [0.3, 0.4) is 0 Å². The molecular weight excluding hydrogens is 1850 g/mol. The number of aliphatic imine (C=N–C) groups is 5. The molecule has 14 rings (SSSR count). The highest BCUT2D eigenvalue weighted by molar-refractivity contribution is 8.13. The lowest BCUT2D eigenvalue weighted by molar-refractivity contribution is -0.142. The number of pyridine rings is 2. The van der Waals surface area contributed by atoms with E-state index < -0.39 is 71.6 Å². The average Bonchev–Trinajstić information content (AvgIpc) is 0.808. The summed E-state index contributed by atoms with van der Waals surface area (Å²) in [6.07, 6.45) is 6.74. The maximum absolute atomic E-state index is 13.2. The fourth-order valence-electron chi connectivity index (χ4n) is 15.0. The number of β-amino-alcohol motifs (C(OH)–C–C–N with tert-alkyl or cyclic N) is 5. The third-order valence-corrected chi connectivity index (χ3v) is 22.8. The van der Waals surface area contributed by atoms with Gasteiger partial charge in [0.15, 0.2) is 28.2 Å². The zero-order valence-corrected chi connectivity index (χ0v) is 81.4. The Morgan fingerprint density at radius 1 is 0.453 bits per heavy atom. The van der Waals surface area contributed by atoms with Crippen molar-refractivity contribution in [1.29, 1.82) is 0 Å².